The van der Waals surface area contributed by atoms with Crippen LogP contribution in [0.4, 0.5) is 5.69 Å². The van der Waals surface area contributed by atoms with E-state index in [-0.39, 0.29) is 0 Å². The van der Waals surface area contributed by atoms with Gasteiger partial charge in [-0.25, -0.2) is 4.79 Å². The first-order chi connectivity index (χ1) is 9.00. The summed E-state index contributed by atoms with van der Waals surface area (Å²) in [6.45, 7) is 8.02. The molecule has 1 N–H and O–H groups in total. The number of carboxylic acids is 1. The minimum Gasteiger partial charge on any atom is -0.479 e. The standard InChI is InChI=1S/C15H21NO3/c1-10(2)12-6-4-5-11(3)14(12)16-7-8-19-13(9-16)15(17)18/h4-6,10,13H,7-9H2,1-3H3,(H,17,18). The van der Waals surface area contributed by atoms with E-state index in [4.69, 9.17) is 9.84 Å². The van der Waals surface area contributed by atoms with Crippen molar-refractivity contribution in [2.24, 2.45) is 0 Å². The summed E-state index contributed by atoms with van der Waals surface area (Å²) < 4.78 is 5.29. The number of para-hydroxylation sites is 1. The van der Waals surface area contributed by atoms with E-state index < -0.39 is 12.1 Å². The molecule has 1 atom stereocenters. The van der Waals surface area contributed by atoms with E-state index in [1.807, 2.05) is 0 Å². The van der Waals surface area contributed by atoms with Gasteiger partial charge in [0.15, 0.2) is 6.10 Å². The second-order valence-corrected chi connectivity index (χ2v) is 5.31. The number of ether oxygens (including phenoxy) is 1. The first kappa shape index (κ1) is 13.9. The second kappa shape index (κ2) is 5.61. The average molecular weight is 263 g/mol. The highest BCUT2D eigenvalue weighted by atomic mass is 16.5. The third-order valence-electron chi connectivity index (χ3n) is 3.55. The van der Waals surface area contributed by atoms with Crippen molar-refractivity contribution >= 4 is 11.7 Å². The lowest BCUT2D eigenvalue weighted by atomic mass is 9.97. The normalized spacial score (nSPS) is 19.8. The van der Waals surface area contributed by atoms with Gasteiger partial charge in [0, 0.05) is 12.2 Å². The Balaban J connectivity index is 2.33. The molecule has 4 nitrogen and oxygen atoms in total. The van der Waals surface area contributed by atoms with Crippen LogP contribution in [0, 0.1) is 6.92 Å². The zero-order chi connectivity index (χ0) is 14.0. The molecule has 0 spiro atoms. The van der Waals surface area contributed by atoms with Gasteiger partial charge < -0.3 is 14.7 Å². The maximum Gasteiger partial charge on any atom is 0.334 e. The summed E-state index contributed by atoms with van der Waals surface area (Å²) in [6, 6.07) is 6.26. The Kier molecular flexibility index (Phi) is 4.10. The maximum absolute atomic E-state index is 11.1. The van der Waals surface area contributed by atoms with Crippen LogP contribution in [0.1, 0.15) is 30.9 Å². The summed E-state index contributed by atoms with van der Waals surface area (Å²) in [4.78, 5) is 13.2. The van der Waals surface area contributed by atoms with Crippen molar-refractivity contribution in [2.45, 2.75) is 32.8 Å². The molecular weight excluding hydrogens is 242 g/mol. The lowest BCUT2D eigenvalue weighted by Gasteiger charge is -2.35. The molecule has 0 saturated carbocycles. The number of hydrogen-bond donors (Lipinski definition) is 1. The van der Waals surface area contributed by atoms with E-state index >= 15 is 0 Å². The van der Waals surface area contributed by atoms with Gasteiger partial charge in [-0.15, -0.1) is 0 Å². The van der Waals surface area contributed by atoms with Crippen molar-refractivity contribution in [1.29, 1.82) is 0 Å². The van der Waals surface area contributed by atoms with Gasteiger partial charge in [0.2, 0.25) is 0 Å². The zero-order valence-electron chi connectivity index (χ0n) is 11.7. The molecular formula is C15H21NO3. The van der Waals surface area contributed by atoms with Gasteiger partial charge in [-0.3, -0.25) is 0 Å². The number of anilines is 1. The summed E-state index contributed by atoms with van der Waals surface area (Å²) in [5.74, 6) is -0.467. The van der Waals surface area contributed by atoms with E-state index in [2.05, 4.69) is 43.9 Å². The van der Waals surface area contributed by atoms with Crippen LogP contribution in [0.2, 0.25) is 0 Å². The fraction of sp³-hybridized carbons (Fsp3) is 0.533. The van der Waals surface area contributed by atoms with Gasteiger partial charge in [0.1, 0.15) is 0 Å². The van der Waals surface area contributed by atoms with E-state index in [1.54, 1.807) is 0 Å². The molecule has 1 unspecified atom stereocenters. The molecule has 2 rings (SSSR count). The van der Waals surface area contributed by atoms with Crippen LogP contribution in [-0.4, -0.2) is 36.9 Å². The van der Waals surface area contributed by atoms with Gasteiger partial charge in [0.05, 0.1) is 13.2 Å². The first-order valence-corrected chi connectivity index (χ1v) is 6.69. The van der Waals surface area contributed by atoms with Gasteiger partial charge in [-0.05, 0) is 24.0 Å². The first-order valence-electron chi connectivity index (χ1n) is 6.69. The van der Waals surface area contributed by atoms with Gasteiger partial charge >= 0.3 is 5.97 Å². The number of benzene rings is 1. The molecule has 1 saturated heterocycles. The number of nitrogens with zero attached hydrogens (tertiary/aromatic N) is 1. The summed E-state index contributed by atoms with van der Waals surface area (Å²) >= 11 is 0. The number of carboxylic acid groups (broad SMARTS) is 1. The molecule has 4 heteroatoms. The minimum atomic E-state index is -0.885. The number of aliphatic carboxylic acids is 1. The molecule has 1 aromatic rings. The third-order valence-corrected chi connectivity index (χ3v) is 3.55. The Morgan fingerprint density at radius 2 is 2.21 bits per heavy atom. The Labute approximate surface area is 114 Å². The molecule has 1 aliphatic rings. The molecule has 0 aliphatic carbocycles. The van der Waals surface area contributed by atoms with E-state index in [9.17, 15) is 4.79 Å². The van der Waals surface area contributed by atoms with Gasteiger partial charge in [0.25, 0.3) is 0 Å². The van der Waals surface area contributed by atoms with Crippen molar-refractivity contribution in [3.8, 4) is 0 Å². The fourth-order valence-corrected chi connectivity index (χ4v) is 2.58. The Bertz CT molecular complexity index is 470. The number of rotatable bonds is 3. The molecule has 19 heavy (non-hydrogen) atoms. The van der Waals surface area contributed by atoms with E-state index in [1.165, 1.54) is 16.8 Å². The molecule has 0 amide bonds. The lowest BCUT2D eigenvalue weighted by molar-refractivity contribution is -0.150. The maximum atomic E-state index is 11.1. The molecule has 104 valence electrons. The van der Waals surface area contributed by atoms with Crippen LogP contribution in [0.5, 0.6) is 0 Å². The van der Waals surface area contributed by atoms with Crippen LogP contribution in [-0.2, 0) is 9.53 Å². The third kappa shape index (κ3) is 2.89. The second-order valence-electron chi connectivity index (χ2n) is 5.31. The quantitative estimate of drug-likeness (QED) is 0.910. The monoisotopic (exact) mass is 263 g/mol. The van der Waals surface area contributed by atoms with Crippen molar-refractivity contribution in [2.75, 3.05) is 24.6 Å². The molecule has 0 aromatic heterocycles. The Hall–Kier alpha value is -1.55. The van der Waals surface area contributed by atoms with Crippen molar-refractivity contribution < 1.29 is 14.6 Å². The summed E-state index contributed by atoms with van der Waals surface area (Å²) in [6.07, 6.45) is -0.728. The molecule has 1 heterocycles. The predicted molar refractivity (Wildman–Crippen MR) is 74.9 cm³/mol. The topological polar surface area (TPSA) is 49.8 Å². The van der Waals surface area contributed by atoms with Crippen molar-refractivity contribution in [1.82, 2.24) is 0 Å². The number of carbonyl (C=O) groups is 1. The van der Waals surface area contributed by atoms with Crippen molar-refractivity contribution in [3.05, 3.63) is 29.3 Å². The van der Waals surface area contributed by atoms with Crippen molar-refractivity contribution in [3.63, 3.8) is 0 Å². The molecule has 1 aromatic carbocycles. The Morgan fingerprint density at radius 1 is 1.47 bits per heavy atom. The van der Waals surface area contributed by atoms with Gasteiger partial charge in [-0.1, -0.05) is 32.0 Å². The Morgan fingerprint density at radius 3 is 2.84 bits per heavy atom. The van der Waals surface area contributed by atoms with Crippen LogP contribution < -0.4 is 4.90 Å². The minimum absolute atomic E-state index is 0.417. The number of morpholine rings is 1. The highest BCUT2D eigenvalue weighted by molar-refractivity contribution is 5.74. The summed E-state index contributed by atoms with van der Waals surface area (Å²) in [7, 11) is 0. The summed E-state index contributed by atoms with van der Waals surface area (Å²) in [5, 5.41) is 9.10. The predicted octanol–water partition coefficient (Wildman–Crippen LogP) is 2.41. The highest BCUT2D eigenvalue weighted by Crippen LogP contribution is 2.31. The average Bonchev–Trinajstić information content (AvgIpc) is 2.38. The SMILES string of the molecule is Cc1cccc(C(C)C)c1N1CCOC(C(=O)O)C1. The molecule has 1 aliphatic heterocycles. The molecule has 1 fully saturated rings. The zero-order valence-corrected chi connectivity index (χ0v) is 11.7. The summed E-state index contributed by atoms with van der Waals surface area (Å²) in [5.41, 5.74) is 3.63. The molecule has 0 radical (unpaired) electrons. The van der Waals surface area contributed by atoms with E-state index in [0.717, 1.165) is 6.54 Å². The smallest absolute Gasteiger partial charge is 0.334 e. The molecule has 0 bridgehead atoms. The van der Waals surface area contributed by atoms with Gasteiger partial charge in [-0.2, -0.15) is 0 Å². The number of hydrogen-bond acceptors (Lipinski definition) is 3. The van der Waals surface area contributed by atoms with Crippen LogP contribution >= 0.6 is 0 Å². The highest BCUT2D eigenvalue weighted by Gasteiger charge is 2.28. The fourth-order valence-electron chi connectivity index (χ4n) is 2.58. The van der Waals surface area contributed by atoms with Crippen LogP contribution in [0.25, 0.3) is 0 Å². The van der Waals surface area contributed by atoms with Crippen LogP contribution in [0.15, 0.2) is 18.2 Å². The lowest BCUT2D eigenvalue weighted by Crippen LogP contribution is -2.46. The van der Waals surface area contributed by atoms with E-state index in [0.29, 0.717) is 19.1 Å². The number of aryl methyl sites for hydroxylation is 1. The largest absolute Gasteiger partial charge is 0.479 e. The van der Waals surface area contributed by atoms with Crippen LogP contribution in [0.3, 0.4) is 0 Å².